The third-order valence-electron chi connectivity index (χ3n) is 6.04. The van der Waals surface area contributed by atoms with Crippen molar-refractivity contribution in [3.63, 3.8) is 0 Å². The van der Waals surface area contributed by atoms with Gasteiger partial charge < -0.3 is 15.2 Å². The Labute approximate surface area is 214 Å². The van der Waals surface area contributed by atoms with Crippen LogP contribution in [0.15, 0.2) is 49.3 Å². The normalized spacial score (nSPS) is 11.5. The minimum atomic E-state index is -0.101. The van der Waals surface area contributed by atoms with Crippen LogP contribution < -0.4 is 5.32 Å². The van der Waals surface area contributed by atoms with E-state index in [1.54, 1.807) is 42.4 Å². The Morgan fingerprint density at radius 3 is 2.51 bits per heavy atom. The first kappa shape index (κ1) is 25.5. The van der Waals surface area contributed by atoms with Crippen LogP contribution in [0.25, 0.3) is 39.3 Å². The van der Waals surface area contributed by atoms with Crippen LogP contribution in [-0.2, 0) is 9.59 Å². The minimum absolute atomic E-state index is 0.0932. The van der Waals surface area contributed by atoms with Crippen molar-refractivity contribution >= 4 is 34.2 Å². The highest BCUT2D eigenvalue weighted by Gasteiger charge is 2.23. The molecule has 0 saturated heterocycles. The molecule has 0 saturated carbocycles. The van der Waals surface area contributed by atoms with Crippen LogP contribution in [0.3, 0.4) is 0 Å². The van der Waals surface area contributed by atoms with Gasteiger partial charge >= 0.3 is 0 Å². The molecule has 190 valence electrons. The lowest BCUT2D eigenvalue weighted by molar-refractivity contribution is -0.124. The van der Waals surface area contributed by atoms with E-state index in [4.69, 9.17) is 4.98 Å². The van der Waals surface area contributed by atoms with Gasteiger partial charge in [-0.2, -0.15) is 5.10 Å². The number of carbonyl (C=O) groups excluding carboxylic acids is 2. The standard InChI is InChI=1S/C27H30N8O2/c1-6-10-19(27(37)35(8-3)9-4)23-16(5)30-26(32-23)24-20-13-18(15-29-25(20)34-33-24)17-11-12-21(28-14-17)31-22(36)7-2/h6,10-15H,1,7-9H2,2-5H3,(H,30,32)(H,28,31,36)(H,29,33,34)/b19-10+. The molecule has 0 aromatic carbocycles. The van der Waals surface area contributed by atoms with Gasteiger partial charge in [0.05, 0.1) is 16.7 Å². The maximum absolute atomic E-state index is 13.2. The van der Waals surface area contributed by atoms with E-state index in [1.807, 2.05) is 32.9 Å². The van der Waals surface area contributed by atoms with E-state index < -0.39 is 0 Å². The number of hydrogen-bond donors (Lipinski definition) is 3. The van der Waals surface area contributed by atoms with Crippen molar-refractivity contribution in [3.05, 3.63) is 60.7 Å². The summed E-state index contributed by atoms with van der Waals surface area (Å²) in [6, 6.07) is 5.59. The minimum Gasteiger partial charge on any atom is -0.340 e. The number of aryl methyl sites for hydroxylation is 1. The van der Waals surface area contributed by atoms with Gasteiger partial charge in [-0.05, 0) is 45.0 Å². The Hall–Kier alpha value is -4.60. The molecular weight excluding hydrogens is 468 g/mol. The molecule has 0 radical (unpaired) electrons. The number of amides is 2. The quantitative estimate of drug-likeness (QED) is 0.230. The highest BCUT2D eigenvalue weighted by atomic mass is 16.2. The fourth-order valence-electron chi connectivity index (χ4n) is 4.00. The Morgan fingerprint density at radius 2 is 1.86 bits per heavy atom. The number of imidazole rings is 1. The number of nitrogens with zero attached hydrogens (tertiary/aromatic N) is 5. The fraction of sp³-hybridized carbons (Fsp3) is 0.259. The Balaban J connectivity index is 1.71. The van der Waals surface area contributed by atoms with Gasteiger partial charge in [0.1, 0.15) is 11.5 Å². The second kappa shape index (κ2) is 11.0. The lowest BCUT2D eigenvalue weighted by Crippen LogP contribution is -2.31. The van der Waals surface area contributed by atoms with E-state index >= 15 is 0 Å². The molecule has 0 unspecified atom stereocenters. The molecule has 4 rings (SSSR count). The summed E-state index contributed by atoms with van der Waals surface area (Å²) in [5, 5.41) is 10.9. The first-order valence-corrected chi connectivity index (χ1v) is 12.2. The number of fused-ring (bicyclic) bond motifs is 1. The number of H-pyrrole nitrogens is 2. The van der Waals surface area contributed by atoms with Crippen LogP contribution >= 0.6 is 0 Å². The number of aromatic amines is 2. The summed E-state index contributed by atoms with van der Waals surface area (Å²) in [6.45, 7) is 12.5. The average molecular weight is 499 g/mol. The Bertz CT molecular complexity index is 1480. The third kappa shape index (κ3) is 5.18. The van der Waals surface area contributed by atoms with Gasteiger partial charge in [-0.25, -0.2) is 15.0 Å². The molecule has 0 aliphatic rings. The van der Waals surface area contributed by atoms with Crippen molar-refractivity contribution in [1.29, 1.82) is 0 Å². The number of nitrogens with one attached hydrogen (secondary N) is 3. The molecule has 4 aromatic heterocycles. The zero-order valence-corrected chi connectivity index (χ0v) is 21.4. The van der Waals surface area contributed by atoms with Crippen molar-refractivity contribution in [2.45, 2.75) is 34.1 Å². The van der Waals surface area contributed by atoms with Crippen molar-refractivity contribution in [2.75, 3.05) is 18.4 Å². The van der Waals surface area contributed by atoms with Crippen molar-refractivity contribution in [3.8, 4) is 22.6 Å². The van der Waals surface area contributed by atoms with E-state index in [9.17, 15) is 9.59 Å². The topological polar surface area (TPSA) is 133 Å². The number of carbonyl (C=O) groups is 2. The number of aromatic nitrogens is 6. The van der Waals surface area contributed by atoms with Gasteiger partial charge in [0.25, 0.3) is 5.91 Å². The van der Waals surface area contributed by atoms with E-state index in [1.165, 1.54) is 0 Å². The molecule has 10 heteroatoms. The first-order chi connectivity index (χ1) is 17.9. The van der Waals surface area contributed by atoms with Gasteiger partial charge in [-0.3, -0.25) is 14.7 Å². The third-order valence-corrected chi connectivity index (χ3v) is 6.04. The molecule has 0 aliphatic carbocycles. The van der Waals surface area contributed by atoms with Crippen LogP contribution in [0.1, 0.15) is 38.6 Å². The summed E-state index contributed by atoms with van der Waals surface area (Å²) in [5.74, 6) is 0.849. The molecule has 3 N–H and O–H groups in total. The van der Waals surface area contributed by atoms with Gasteiger partial charge in [-0.15, -0.1) is 0 Å². The number of pyridine rings is 2. The molecule has 0 spiro atoms. The second-order valence-corrected chi connectivity index (χ2v) is 8.38. The summed E-state index contributed by atoms with van der Waals surface area (Å²) in [4.78, 5) is 43.4. The van der Waals surface area contributed by atoms with Crippen LogP contribution in [0.2, 0.25) is 0 Å². The second-order valence-electron chi connectivity index (χ2n) is 8.38. The van der Waals surface area contributed by atoms with E-state index in [0.717, 1.165) is 22.2 Å². The lowest BCUT2D eigenvalue weighted by Gasteiger charge is -2.19. The Kier molecular flexibility index (Phi) is 7.57. The lowest BCUT2D eigenvalue weighted by atomic mass is 10.1. The summed E-state index contributed by atoms with van der Waals surface area (Å²) in [7, 11) is 0. The van der Waals surface area contributed by atoms with Crippen LogP contribution in [0.5, 0.6) is 0 Å². The summed E-state index contributed by atoms with van der Waals surface area (Å²) in [6.07, 6.45) is 7.09. The summed E-state index contributed by atoms with van der Waals surface area (Å²) < 4.78 is 0. The zero-order chi connectivity index (χ0) is 26.5. The molecule has 0 bridgehead atoms. The predicted molar refractivity (Wildman–Crippen MR) is 144 cm³/mol. The highest BCUT2D eigenvalue weighted by molar-refractivity contribution is 6.19. The molecule has 0 atom stereocenters. The molecule has 37 heavy (non-hydrogen) atoms. The highest BCUT2D eigenvalue weighted by Crippen LogP contribution is 2.30. The Morgan fingerprint density at radius 1 is 1.11 bits per heavy atom. The number of likely N-dealkylation sites (N-methyl/N-ethyl adjacent to an activating group) is 1. The predicted octanol–water partition coefficient (Wildman–Crippen LogP) is 4.50. The molecule has 4 heterocycles. The van der Waals surface area contributed by atoms with Crippen molar-refractivity contribution < 1.29 is 9.59 Å². The van der Waals surface area contributed by atoms with Gasteiger partial charge in [0, 0.05) is 48.7 Å². The zero-order valence-electron chi connectivity index (χ0n) is 21.4. The van der Waals surface area contributed by atoms with Crippen molar-refractivity contribution in [1.82, 2.24) is 35.0 Å². The number of anilines is 1. The van der Waals surface area contributed by atoms with E-state index in [2.05, 4.69) is 37.0 Å². The van der Waals surface area contributed by atoms with Gasteiger partial charge in [-0.1, -0.05) is 19.6 Å². The smallest absolute Gasteiger partial charge is 0.256 e. The number of hydrogen-bond acceptors (Lipinski definition) is 6. The van der Waals surface area contributed by atoms with Gasteiger partial charge in [0.2, 0.25) is 5.91 Å². The SMILES string of the molecule is C=C/C=C(/C(=O)N(CC)CC)c1nc(-c2[nH]nc3ncc(-c4ccc(NC(=O)CC)nc4)cc23)[nH]c1C. The van der Waals surface area contributed by atoms with Gasteiger partial charge in [0.15, 0.2) is 11.5 Å². The fourth-order valence-corrected chi connectivity index (χ4v) is 4.00. The van der Waals surface area contributed by atoms with Crippen molar-refractivity contribution in [2.24, 2.45) is 0 Å². The number of allylic oxidation sites excluding steroid dienone is 2. The van der Waals surface area contributed by atoms with E-state index in [0.29, 0.717) is 53.8 Å². The molecule has 10 nitrogen and oxygen atoms in total. The number of rotatable bonds is 9. The van der Waals surface area contributed by atoms with Crippen LogP contribution in [0.4, 0.5) is 5.82 Å². The molecule has 2 amide bonds. The monoisotopic (exact) mass is 498 g/mol. The summed E-state index contributed by atoms with van der Waals surface area (Å²) in [5.41, 5.74) is 4.67. The largest absolute Gasteiger partial charge is 0.340 e. The first-order valence-electron chi connectivity index (χ1n) is 12.2. The maximum Gasteiger partial charge on any atom is 0.256 e. The average Bonchev–Trinajstić information content (AvgIpc) is 3.51. The molecular formula is C27H30N8O2. The summed E-state index contributed by atoms with van der Waals surface area (Å²) >= 11 is 0. The maximum atomic E-state index is 13.2. The molecule has 4 aromatic rings. The van der Waals surface area contributed by atoms with Crippen LogP contribution in [0, 0.1) is 6.92 Å². The molecule has 0 aliphatic heterocycles. The van der Waals surface area contributed by atoms with E-state index in [-0.39, 0.29) is 11.8 Å². The molecule has 0 fully saturated rings. The van der Waals surface area contributed by atoms with Crippen LogP contribution in [-0.4, -0.2) is 59.9 Å².